The first-order valence-electron chi connectivity index (χ1n) is 10.7. The Balaban J connectivity index is 1.91. The highest BCUT2D eigenvalue weighted by atomic mass is 32.2. The van der Waals surface area contributed by atoms with Crippen LogP contribution in [0.1, 0.15) is 34.8 Å². The van der Waals surface area contributed by atoms with Crippen LogP contribution in [0.4, 0.5) is 0 Å². The molecule has 0 saturated carbocycles. The van der Waals surface area contributed by atoms with Gasteiger partial charge in [-0.1, -0.05) is 11.8 Å². The van der Waals surface area contributed by atoms with Gasteiger partial charge in [-0.3, -0.25) is 4.79 Å². The Kier molecular flexibility index (Phi) is 10.3. The predicted octanol–water partition coefficient (Wildman–Crippen LogP) is 1.56. The van der Waals surface area contributed by atoms with E-state index >= 15 is 0 Å². The molecule has 35 heavy (non-hydrogen) atoms. The van der Waals surface area contributed by atoms with E-state index in [-0.39, 0.29) is 5.75 Å². The maximum Gasteiger partial charge on any atom is 0.331 e. The van der Waals surface area contributed by atoms with E-state index in [2.05, 4.69) is 33.7 Å². The molecule has 184 valence electrons. The van der Waals surface area contributed by atoms with Crippen molar-refractivity contribution in [3.63, 3.8) is 0 Å². The minimum Gasteiger partial charge on any atom is -0.494 e. The number of aliphatic hydroxyl groups excluding tert-OH is 1. The first-order valence-corrected chi connectivity index (χ1v) is 12.7. The molecule has 2 atom stereocenters. The molecular formula is C26H27NO7S. The first-order chi connectivity index (χ1) is 16.6. The van der Waals surface area contributed by atoms with Gasteiger partial charge in [0.1, 0.15) is 15.6 Å². The molecular weight excluding hydrogens is 470 g/mol. The third-order valence-electron chi connectivity index (χ3n) is 4.63. The minimum atomic E-state index is -2.99. The van der Waals surface area contributed by atoms with Gasteiger partial charge < -0.3 is 19.9 Å². The van der Waals surface area contributed by atoms with Gasteiger partial charge >= 0.3 is 5.97 Å². The van der Waals surface area contributed by atoms with Crippen molar-refractivity contribution in [3.05, 3.63) is 65.2 Å². The Morgan fingerprint density at radius 2 is 1.54 bits per heavy atom. The molecule has 0 aliphatic heterocycles. The Labute approximate surface area is 205 Å². The fourth-order valence-corrected chi connectivity index (χ4v) is 3.43. The van der Waals surface area contributed by atoms with Gasteiger partial charge in [0.2, 0.25) is 0 Å². The summed E-state index contributed by atoms with van der Waals surface area (Å²) in [7, 11) is -1.81. The Hall–Kier alpha value is -3.79. The lowest BCUT2D eigenvalue weighted by Gasteiger charge is -2.18. The number of rotatable bonds is 9. The van der Waals surface area contributed by atoms with E-state index in [0.29, 0.717) is 29.9 Å². The highest BCUT2D eigenvalue weighted by Crippen LogP contribution is 2.12. The molecule has 0 spiro atoms. The van der Waals surface area contributed by atoms with Crippen LogP contribution in [0.15, 0.2) is 48.5 Å². The van der Waals surface area contributed by atoms with Crippen LogP contribution in [0, 0.1) is 23.7 Å². The maximum absolute atomic E-state index is 12.3. The third kappa shape index (κ3) is 9.93. The smallest absolute Gasteiger partial charge is 0.331 e. The van der Waals surface area contributed by atoms with Gasteiger partial charge in [0.25, 0.3) is 5.91 Å². The van der Waals surface area contributed by atoms with E-state index < -0.39 is 33.9 Å². The van der Waals surface area contributed by atoms with Crippen LogP contribution < -0.4 is 10.1 Å². The average Bonchev–Trinajstić information content (AvgIpc) is 2.82. The number of sulfone groups is 1. The zero-order chi connectivity index (χ0) is 25.8. The number of esters is 1. The molecule has 0 aliphatic rings. The van der Waals surface area contributed by atoms with Crippen molar-refractivity contribution in [2.75, 3.05) is 25.7 Å². The zero-order valence-corrected chi connectivity index (χ0v) is 20.5. The van der Waals surface area contributed by atoms with Crippen molar-refractivity contribution >= 4 is 21.7 Å². The van der Waals surface area contributed by atoms with Crippen molar-refractivity contribution < 1.29 is 32.6 Å². The second kappa shape index (κ2) is 13.2. The molecule has 0 heterocycles. The number of ether oxygens (including phenoxy) is 2. The summed E-state index contributed by atoms with van der Waals surface area (Å²) in [5.74, 6) is 10.8. The van der Waals surface area contributed by atoms with E-state index in [4.69, 9.17) is 4.74 Å². The zero-order valence-electron chi connectivity index (χ0n) is 19.7. The molecule has 0 saturated heterocycles. The molecule has 0 aromatic heterocycles. The topological polar surface area (TPSA) is 119 Å². The number of aliphatic hydroxyl groups is 1. The van der Waals surface area contributed by atoms with E-state index in [9.17, 15) is 23.1 Å². The molecule has 1 amide bonds. The number of hydrogen-bond donors (Lipinski definition) is 2. The van der Waals surface area contributed by atoms with Crippen LogP contribution in [0.5, 0.6) is 5.75 Å². The highest BCUT2D eigenvalue weighted by molar-refractivity contribution is 7.90. The molecule has 2 aromatic carbocycles. The number of methoxy groups -OCH3 is 1. The summed E-state index contributed by atoms with van der Waals surface area (Å²) in [6, 6.07) is 12.3. The van der Waals surface area contributed by atoms with Crippen LogP contribution >= 0.6 is 0 Å². The standard InChI is InChI=1S/C26H27NO7S/c1-19(28)24(26(30)33-2)27-25(29)22-13-9-20(10-14-22)7-4-5-8-21-11-15-23(16-12-21)34-17-6-18-35(3,31)32/h9-16,19,24,28H,6,17-18H2,1-3H3,(H,27,29)/t19-,24+/m1/s1. The van der Waals surface area contributed by atoms with Crippen molar-refractivity contribution in [2.24, 2.45) is 0 Å². The van der Waals surface area contributed by atoms with Crippen molar-refractivity contribution in [2.45, 2.75) is 25.5 Å². The maximum atomic E-state index is 12.3. The van der Waals surface area contributed by atoms with E-state index in [1.807, 2.05) is 0 Å². The number of benzene rings is 2. The molecule has 0 radical (unpaired) electrons. The van der Waals surface area contributed by atoms with Gasteiger partial charge in [-0.15, -0.1) is 0 Å². The Bertz CT molecular complexity index is 1240. The summed E-state index contributed by atoms with van der Waals surface area (Å²) >= 11 is 0. The average molecular weight is 498 g/mol. The second-order valence-corrected chi connectivity index (χ2v) is 9.91. The fraction of sp³-hybridized carbons (Fsp3) is 0.308. The largest absolute Gasteiger partial charge is 0.494 e. The number of amides is 1. The van der Waals surface area contributed by atoms with Crippen LogP contribution in [0.2, 0.25) is 0 Å². The van der Waals surface area contributed by atoms with Crippen LogP contribution in [0.3, 0.4) is 0 Å². The molecule has 0 fully saturated rings. The lowest BCUT2D eigenvalue weighted by atomic mass is 10.1. The number of nitrogens with one attached hydrogen (secondary N) is 1. The van der Waals surface area contributed by atoms with Crippen molar-refractivity contribution in [1.82, 2.24) is 5.32 Å². The molecule has 9 heteroatoms. The minimum absolute atomic E-state index is 0.0873. The summed E-state index contributed by atoms with van der Waals surface area (Å²) in [6.07, 6.45) is 0.518. The Morgan fingerprint density at radius 3 is 2.03 bits per heavy atom. The molecule has 0 unspecified atom stereocenters. The van der Waals surface area contributed by atoms with Gasteiger partial charge in [-0.25, -0.2) is 13.2 Å². The van der Waals surface area contributed by atoms with Crippen LogP contribution in [0.25, 0.3) is 0 Å². The number of carbonyl (C=O) groups excluding carboxylic acids is 2. The summed E-state index contributed by atoms with van der Waals surface area (Å²) in [5.41, 5.74) is 1.69. The second-order valence-electron chi connectivity index (χ2n) is 7.65. The third-order valence-corrected chi connectivity index (χ3v) is 5.66. The molecule has 2 N–H and O–H groups in total. The van der Waals surface area contributed by atoms with E-state index in [1.54, 1.807) is 48.5 Å². The van der Waals surface area contributed by atoms with Gasteiger partial charge in [-0.05, 0) is 73.7 Å². The van der Waals surface area contributed by atoms with Crippen LogP contribution in [-0.4, -0.2) is 63.3 Å². The number of hydrogen-bond acceptors (Lipinski definition) is 7. The van der Waals surface area contributed by atoms with Gasteiger partial charge in [-0.2, -0.15) is 0 Å². The first kappa shape index (κ1) is 27.5. The van der Waals surface area contributed by atoms with Gasteiger partial charge in [0.05, 0.1) is 25.6 Å². The predicted molar refractivity (Wildman–Crippen MR) is 131 cm³/mol. The monoisotopic (exact) mass is 497 g/mol. The normalized spacial score (nSPS) is 12.1. The molecule has 2 rings (SSSR count). The van der Waals surface area contributed by atoms with Crippen molar-refractivity contribution in [1.29, 1.82) is 0 Å². The fourth-order valence-electron chi connectivity index (χ4n) is 2.79. The SMILES string of the molecule is COC(=O)[C@@H](NC(=O)c1ccc(C#CC#Cc2ccc(OCCCS(C)(=O)=O)cc2)cc1)[C@@H](C)O. The lowest BCUT2D eigenvalue weighted by molar-refractivity contribution is -0.145. The summed E-state index contributed by atoms with van der Waals surface area (Å²) in [5, 5.41) is 12.1. The Morgan fingerprint density at radius 1 is 1.00 bits per heavy atom. The quantitative estimate of drug-likeness (QED) is 0.307. The summed E-state index contributed by atoms with van der Waals surface area (Å²) < 4.78 is 32.3. The molecule has 0 bridgehead atoms. The van der Waals surface area contributed by atoms with Gasteiger partial charge in [0, 0.05) is 22.9 Å². The molecule has 0 aliphatic carbocycles. The molecule has 8 nitrogen and oxygen atoms in total. The summed E-state index contributed by atoms with van der Waals surface area (Å²) in [4.78, 5) is 24.0. The van der Waals surface area contributed by atoms with E-state index in [0.717, 1.165) is 5.56 Å². The van der Waals surface area contributed by atoms with Crippen LogP contribution in [-0.2, 0) is 19.4 Å². The van der Waals surface area contributed by atoms with Crippen molar-refractivity contribution in [3.8, 4) is 29.4 Å². The summed E-state index contributed by atoms with van der Waals surface area (Å²) in [6.45, 7) is 1.70. The van der Waals surface area contributed by atoms with Gasteiger partial charge in [0.15, 0.2) is 6.04 Å². The molecule has 2 aromatic rings. The van der Waals surface area contributed by atoms with E-state index in [1.165, 1.54) is 20.3 Å². The highest BCUT2D eigenvalue weighted by Gasteiger charge is 2.26. The lowest BCUT2D eigenvalue weighted by Crippen LogP contribution is -2.48. The number of carbonyl (C=O) groups is 2.